The van der Waals surface area contributed by atoms with E-state index in [1.165, 1.54) is 0 Å². The average Bonchev–Trinajstić information content (AvgIpc) is 3.54. The molecule has 2 saturated heterocycles. The molecule has 2 aliphatic heterocycles. The van der Waals surface area contributed by atoms with E-state index < -0.39 is 0 Å². The lowest BCUT2D eigenvalue weighted by Gasteiger charge is -2.43. The summed E-state index contributed by atoms with van der Waals surface area (Å²) in [7, 11) is 4.32. The Kier molecular flexibility index (Phi) is 8.08. The number of halogens is 2. The second-order valence-corrected chi connectivity index (χ2v) is 10.7. The zero-order chi connectivity index (χ0) is 29.3. The third-order valence-corrected chi connectivity index (χ3v) is 8.21. The number of nitrogens with one attached hydrogen (secondary N) is 1. The molecule has 3 aromatic heterocycles. The van der Waals surface area contributed by atoms with Gasteiger partial charge in [0, 0.05) is 50.6 Å². The van der Waals surface area contributed by atoms with E-state index in [0.29, 0.717) is 57.3 Å². The maximum atomic E-state index is 13.1. The van der Waals surface area contributed by atoms with Crippen LogP contribution in [-0.2, 0) is 0 Å². The minimum absolute atomic E-state index is 0.0464. The Balaban J connectivity index is 0.00000165. The van der Waals surface area contributed by atoms with Gasteiger partial charge in [-0.3, -0.25) is 9.59 Å². The molecule has 1 aliphatic carbocycles. The molecule has 12 heteroatoms. The van der Waals surface area contributed by atoms with Gasteiger partial charge in [0.25, 0.3) is 0 Å². The zero-order valence-corrected chi connectivity index (χ0v) is 24.2. The van der Waals surface area contributed by atoms with Gasteiger partial charge in [0.15, 0.2) is 11.7 Å². The number of nitrogens with zero attached hydrogens (tertiary/aromatic N) is 4. The third kappa shape index (κ3) is 5.07. The zero-order valence-electron chi connectivity index (χ0n) is 22.7. The normalized spacial score (nSPS) is 18.8. The molecule has 7 rings (SSSR count). The van der Waals surface area contributed by atoms with E-state index >= 15 is 0 Å². The maximum Gasteiger partial charge on any atom is 0.235 e. The van der Waals surface area contributed by atoms with E-state index in [9.17, 15) is 9.59 Å². The summed E-state index contributed by atoms with van der Waals surface area (Å²) >= 11 is 13.2. The number of fused-ring (bicyclic) bond motifs is 2. The Morgan fingerprint density at radius 2 is 1.95 bits per heavy atom. The Bertz CT molecular complexity index is 1670. The van der Waals surface area contributed by atoms with Crippen molar-refractivity contribution in [1.82, 2.24) is 14.5 Å². The highest BCUT2D eigenvalue weighted by molar-refractivity contribution is 6.34. The number of carbonyl (C=O) groups excluding carboxylic acids is 1. The number of rotatable bonds is 8. The summed E-state index contributed by atoms with van der Waals surface area (Å²) in [5.41, 5.74) is 1.57. The molecule has 0 amide bonds. The number of hydrogen-bond acceptors (Lipinski definition) is 9. The summed E-state index contributed by atoms with van der Waals surface area (Å²) in [5.74, 6) is 1.90. The van der Waals surface area contributed by atoms with Gasteiger partial charge in [-0.2, -0.15) is 4.98 Å². The van der Waals surface area contributed by atoms with Crippen molar-refractivity contribution in [3.05, 3.63) is 74.6 Å². The van der Waals surface area contributed by atoms with Crippen LogP contribution in [0.5, 0.6) is 11.8 Å². The topological polar surface area (TPSA) is 119 Å². The van der Waals surface area contributed by atoms with Crippen molar-refractivity contribution < 1.29 is 19.4 Å². The van der Waals surface area contributed by atoms with Crippen LogP contribution in [0, 0.1) is 5.92 Å². The van der Waals surface area contributed by atoms with Crippen molar-refractivity contribution in [3.63, 3.8) is 0 Å². The van der Waals surface area contributed by atoms with Crippen LogP contribution in [0.25, 0.3) is 16.6 Å². The van der Waals surface area contributed by atoms with E-state index in [1.807, 2.05) is 22.8 Å². The molecule has 2 bridgehead atoms. The Morgan fingerprint density at radius 1 is 1.17 bits per heavy atom. The first-order valence-corrected chi connectivity index (χ1v) is 13.7. The number of ether oxygens (including phenoxy) is 2. The molecule has 214 valence electrons. The molecule has 0 spiro atoms. The molecule has 10 nitrogen and oxygen atoms in total. The van der Waals surface area contributed by atoms with Crippen molar-refractivity contribution in [2.24, 2.45) is 5.92 Å². The van der Waals surface area contributed by atoms with Gasteiger partial charge < -0.3 is 29.4 Å². The van der Waals surface area contributed by atoms with Gasteiger partial charge >= 0.3 is 0 Å². The van der Waals surface area contributed by atoms with Gasteiger partial charge in [0.2, 0.25) is 11.8 Å². The van der Waals surface area contributed by atoms with Gasteiger partial charge in [0.05, 0.1) is 40.1 Å². The van der Waals surface area contributed by atoms with Crippen LogP contribution in [0.2, 0.25) is 10.0 Å². The minimum atomic E-state index is -0.366. The van der Waals surface area contributed by atoms with E-state index in [1.54, 1.807) is 44.8 Å². The lowest BCUT2D eigenvalue weighted by atomic mass is 9.74. The highest BCUT2D eigenvalue weighted by Gasteiger charge is 2.57. The van der Waals surface area contributed by atoms with Crippen molar-refractivity contribution in [2.45, 2.75) is 18.4 Å². The van der Waals surface area contributed by atoms with Crippen LogP contribution in [-0.4, -0.2) is 65.9 Å². The lowest BCUT2D eigenvalue weighted by Crippen LogP contribution is -2.51. The van der Waals surface area contributed by atoms with Crippen LogP contribution in [0.1, 0.15) is 23.2 Å². The fraction of sp³-hybridized carbons (Fsp3) is 0.310. The second-order valence-electron chi connectivity index (χ2n) is 9.91. The first-order valence-electron chi connectivity index (χ1n) is 12.9. The number of aliphatic hydroxyl groups is 1. The molecule has 1 saturated carbocycles. The Morgan fingerprint density at radius 3 is 2.66 bits per heavy atom. The minimum Gasteiger partial charge on any atom is -0.481 e. The summed E-state index contributed by atoms with van der Waals surface area (Å²) < 4.78 is 13.2. The van der Waals surface area contributed by atoms with Gasteiger partial charge in [-0.25, -0.2) is 4.98 Å². The van der Waals surface area contributed by atoms with Crippen LogP contribution in [0.15, 0.2) is 53.6 Å². The monoisotopic (exact) mass is 597 g/mol. The molecule has 0 radical (unpaired) electrons. The molecular weight excluding hydrogens is 569 g/mol. The number of pyridine rings is 3. The molecular formula is C29H29Cl2N5O5. The standard InChI is InChI=1S/C28H25Cl2N5O4.CH4O/c1-31-24-7-18(5-6-32-24)34-13-17(14-36)26(37)19-8-21(30)23(9-22(19)34)35-12-16-10-28(35,11-16)15-39-27-20(29)3-4-25(33-27)38-2;1-2/h3-9,13-14,16H,10-12,15H2,1-2H3,(H,31,32);2H,1H3. The number of aldehydes is 1. The molecule has 5 heterocycles. The summed E-state index contributed by atoms with van der Waals surface area (Å²) in [6.07, 6.45) is 5.68. The smallest absolute Gasteiger partial charge is 0.235 e. The van der Waals surface area contributed by atoms with Gasteiger partial charge in [-0.05, 0) is 43.0 Å². The summed E-state index contributed by atoms with van der Waals surface area (Å²) in [6, 6.07) is 10.6. The van der Waals surface area contributed by atoms with Crippen molar-refractivity contribution in [1.29, 1.82) is 0 Å². The van der Waals surface area contributed by atoms with Crippen LogP contribution in [0.3, 0.4) is 0 Å². The molecule has 3 aliphatic rings. The number of carbonyl (C=O) groups is 1. The Labute approximate surface area is 246 Å². The van der Waals surface area contributed by atoms with Crippen LogP contribution in [0.4, 0.5) is 11.5 Å². The average molecular weight is 598 g/mol. The quantitative estimate of drug-likeness (QED) is 0.281. The summed E-state index contributed by atoms with van der Waals surface area (Å²) in [4.78, 5) is 35.8. The van der Waals surface area contributed by atoms with E-state index in [4.69, 9.17) is 37.8 Å². The third-order valence-electron chi connectivity index (χ3n) is 7.62. The van der Waals surface area contributed by atoms with Crippen LogP contribution >= 0.6 is 23.2 Å². The molecule has 3 fully saturated rings. The second kappa shape index (κ2) is 11.6. The summed E-state index contributed by atoms with van der Waals surface area (Å²) in [5, 5.41) is 11.2. The molecule has 0 unspecified atom stereocenters. The van der Waals surface area contributed by atoms with E-state index in [0.717, 1.165) is 37.9 Å². The summed E-state index contributed by atoms with van der Waals surface area (Å²) in [6.45, 7) is 1.17. The highest BCUT2D eigenvalue weighted by Crippen LogP contribution is 2.54. The fourth-order valence-electron chi connectivity index (χ4n) is 5.76. The largest absolute Gasteiger partial charge is 0.481 e. The van der Waals surface area contributed by atoms with Gasteiger partial charge in [-0.15, -0.1) is 0 Å². The first kappa shape index (κ1) is 28.7. The van der Waals surface area contributed by atoms with Crippen molar-refractivity contribution >= 4 is 51.9 Å². The van der Waals surface area contributed by atoms with Crippen molar-refractivity contribution in [3.8, 4) is 17.4 Å². The first-order chi connectivity index (χ1) is 19.9. The highest BCUT2D eigenvalue weighted by atomic mass is 35.5. The Hall–Kier alpha value is -3.86. The fourth-order valence-corrected chi connectivity index (χ4v) is 6.18. The number of benzene rings is 1. The SMILES string of the molecule is CNc1cc(-n2cc(C=O)c(=O)c3cc(Cl)c(N4CC5CC4(COc4nc(OC)ccc4Cl)C5)cc32)ccn1.CO. The van der Waals surface area contributed by atoms with E-state index in [-0.39, 0.29) is 16.5 Å². The number of aromatic nitrogens is 3. The maximum absolute atomic E-state index is 13.1. The molecule has 41 heavy (non-hydrogen) atoms. The van der Waals surface area contributed by atoms with Crippen molar-refractivity contribution in [2.75, 3.05) is 44.6 Å². The number of aliphatic hydroxyl groups excluding tert-OH is 1. The van der Waals surface area contributed by atoms with Gasteiger partial charge in [0.1, 0.15) is 17.4 Å². The molecule has 0 atom stereocenters. The number of hydrogen-bond donors (Lipinski definition) is 2. The molecule has 1 aromatic carbocycles. The number of anilines is 2. The van der Waals surface area contributed by atoms with Crippen LogP contribution < -0.4 is 25.1 Å². The molecule has 4 aromatic rings. The molecule has 2 N–H and O–H groups in total. The lowest BCUT2D eigenvalue weighted by molar-refractivity contribution is 0.112. The number of methoxy groups -OCH3 is 1. The van der Waals surface area contributed by atoms with Gasteiger partial charge in [-0.1, -0.05) is 23.2 Å². The predicted molar refractivity (Wildman–Crippen MR) is 160 cm³/mol. The van der Waals surface area contributed by atoms with E-state index in [2.05, 4.69) is 20.2 Å². The predicted octanol–water partition coefficient (Wildman–Crippen LogP) is 4.61.